The van der Waals surface area contributed by atoms with Crippen molar-refractivity contribution in [3.05, 3.63) is 167 Å². The fourth-order valence-corrected chi connectivity index (χ4v) is 7.28. The number of aryl methyl sites for hydroxylation is 3. The molecular formula is C44H37N3. The molecule has 5 aromatic carbocycles. The summed E-state index contributed by atoms with van der Waals surface area (Å²) in [6, 6.07) is 38.9. The van der Waals surface area contributed by atoms with E-state index >= 15 is 0 Å². The second-order valence-electron chi connectivity index (χ2n) is 13.0. The van der Waals surface area contributed by atoms with Crippen LogP contribution >= 0.6 is 0 Å². The molecule has 0 fully saturated rings. The molecule has 0 N–H and O–H groups in total. The summed E-state index contributed by atoms with van der Waals surface area (Å²) in [5.74, 6) is 2.28. The van der Waals surface area contributed by atoms with E-state index in [2.05, 4.69) is 118 Å². The first kappa shape index (κ1) is 29.0. The van der Waals surface area contributed by atoms with Gasteiger partial charge in [-0.1, -0.05) is 145 Å². The van der Waals surface area contributed by atoms with Crippen LogP contribution in [0.15, 0.2) is 127 Å². The molecule has 0 saturated heterocycles. The fourth-order valence-electron chi connectivity index (χ4n) is 7.28. The van der Waals surface area contributed by atoms with Crippen LogP contribution in [0.25, 0.3) is 50.8 Å². The van der Waals surface area contributed by atoms with Gasteiger partial charge >= 0.3 is 0 Å². The van der Waals surface area contributed by atoms with Crippen LogP contribution in [-0.2, 0) is 6.42 Å². The molecule has 228 valence electrons. The van der Waals surface area contributed by atoms with Crippen LogP contribution in [0.4, 0.5) is 0 Å². The highest BCUT2D eigenvalue weighted by atomic mass is 15.0. The van der Waals surface area contributed by atoms with Crippen LogP contribution < -0.4 is 0 Å². The smallest absolute Gasteiger partial charge is 0.163 e. The maximum Gasteiger partial charge on any atom is 0.163 e. The number of aromatic nitrogens is 3. The number of allylic oxidation sites excluding steroid dienone is 5. The van der Waals surface area contributed by atoms with Crippen LogP contribution in [-0.4, -0.2) is 15.0 Å². The molecule has 6 aromatic rings. The van der Waals surface area contributed by atoms with Crippen molar-refractivity contribution < 1.29 is 0 Å². The van der Waals surface area contributed by atoms with Crippen LogP contribution in [0.1, 0.15) is 58.5 Å². The van der Waals surface area contributed by atoms with Crippen LogP contribution in [0.2, 0.25) is 0 Å². The largest absolute Gasteiger partial charge is 0.212 e. The monoisotopic (exact) mass is 607 g/mol. The summed E-state index contributed by atoms with van der Waals surface area (Å²) >= 11 is 0. The first-order chi connectivity index (χ1) is 23.0. The number of fused-ring (bicyclic) bond motifs is 3. The van der Waals surface area contributed by atoms with Gasteiger partial charge < -0.3 is 0 Å². The molecule has 0 bridgehead atoms. The van der Waals surface area contributed by atoms with Gasteiger partial charge in [-0.25, -0.2) is 15.0 Å². The Morgan fingerprint density at radius 1 is 0.638 bits per heavy atom. The highest BCUT2D eigenvalue weighted by Gasteiger charge is 2.30. The number of hydrogen-bond acceptors (Lipinski definition) is 3. The van der Waals surface area contributed by atoms with Gasteiger partial charge in [0.2, 0.25) is 0 Å². The van der Waals surface area contributed by atoms with E-state index in [-0.39, 0.29) is 11.8 Å². The average molecular weight is 608 g/mol. The van der Waals surface area contributed by atoms with Gasteiger partial charge in [0.15, 0.2) is 11.6 Å². The van der Waals surface area contributed by atoms with Gasteiger partial charge in [-0.3, -0.25) is 0 Å². The molecule has 0 radical (unpaired) electrons. The molecule has 47 heavy (non-hydrogen) atoms. The van der Waals surface area contributed by atoms with E-state index in [1.165, 1.54) is 55.3 Å². The molecule has 2 aliphatic carbocycles. The molecule has 3 heteroatoms. The summed E-state index contributed by atoms with van der Waals surface area (Å²) in [4.78, 5) is 15.4. The van der Waals surface area contributed by atoms with E-state index in [4.69, 9.17) is 15.0 Å². The predicted molar refractivity (Wildman–Crippen MR) is 196 cm³/mol. The minimum absolute atomic E-state index is 0.0527. The molecule has 1 heterocycles. The maximum atomic E-state index is 5.19. The van der Waals surface area contributed by atoms with Crippen molar-refractivity contribution in [2.24, 2.45) is 5.92 Å². The highest BCUT2D eigenvalue weighted by Crippen LogP contribution is 2.44. The summed E-state index contributed by atoms with van der Waals surface area (Å²) in [6.07, 6.45) is 11.5. The molecule has 8 rings (SSSR count). The molecule has 2 aliphatic rings. The molecule has 0 spiro atoms. The lowest BCUT2D eigenvalue weighted by atomic mass is 9.76. The Labute approximate surface area is 277 Å². The maximum absolute atomic E-state index is 5.19. The highest BCUT2D eigenvalue weighted by molar-refractivity contribution is 5.95. The van der Waals surface area contributed by atoms with Crippen molar-refractivity contribution in [3.63, 3.8) is 0 Å². The van der Waals surface area contributed by atoms with Crippen LogP contribution in [0.3, 0.4) is 0 Å². The van der Waals surface area contributed by atoms with E-state index in [0.29, 0.717) is 11.6 Å². The second-order valence-corrected chi connectivity index (χ2v) is 13.0. The van der Waals surface area contributed by atoms with E-state index in [1.54, 1.807) is 0 Å². The minimum Gasteiger partial charge on any atom is -0.212 e. The first-order valence-electron chi connectivity index (χ1n) is 16.6. The molecule has 0 saturated carbocycles. The standard InChI is InChI=1S/C44H37N3/c1-28-22-29(2)24-37(23-28)40-26-36(34-20-21-39-35(25-34)19-18-31-12-10-11-17-38(31)39)27-41(30(40)3)44-46-42(32-13-6-4-7-14-32)45-43(47-44)33-15-8-5-9-16-33/h4-10,12-16,18-27,30,41H,11,17H2,1-3H3. The average Bonchev–Trinajstić information content (AvgIpc) is 3.11. The van der Waals surface area contributed by atoms with Crippen molar-refractivity contribution in [2.45, 2.75) is 39.5 Å². The van der Waals surface area contributed by atoms with E-state index < -0.39 is 0 Å². The van der Waals surface area contributed by atoms with Gasteiger partial charge in [-0.05, 0) is 82.8 Å². The molecule has 0 aliphatic heterocycles. The Bertz CT molecular complexity index is 2150. The summed E-state index contributed by atoms with van der Waals surface area (Å²) in [5, 5.41) is 2.64. The molecule has 2 unspecified atom stereocenters. The lowest BCUT2D eigenvalue weighted by Gasteiger charge is -2.29. The van der Waals surface area contributed by atoms with Gasteiger partial charge in [0, 0.05) is 17.0 Å². The zero-order valence-corrected chi connectivity index (χ0v) is 27.1. The molecule has 0 amide bonds. The Kier molecular flexibility index (Phi) is 7.46. The third-order valence-electron chi connectivity index (χ3n) is 9.63. The van der Waals surface area contributed by atoms with E-state index in [0.717, 1.165) is 29.8 Å². The van der Waals surface area contributed by atoms with Gasteiger partial charge in [-0.15, -0.1) is 0 Å². The van der Waals surface area contributed by atoms with Crippen LogP contribution in [0, 0.1) is 19.8 Å². The summed E-state index contributed by atoms with van der Waals surface area (Å²) in [6.45, 7) is 6.68. The topological polar surface area (TPSA) is 38.7 Å². The number of hydrogen-bond donors (Lipinski definition) is 0. The van der Waals surface area contributed by atoms with Crippen molar-refractivity contribution in [2.75, 3.05) is 0 Å². The quantitative estimate of drug-likeness (QED) is 0.196. The number of rotatable bonds is 5. The molecule has 2 atom stereocenters. The van der Waals surface area contributed by atoms with E-state index in [1.807, 2.05) is 36.4 Å². The lowest BCUT2D eigenvalue weighted by Crippen LogP contribution is -2.18. The summed E-state index contributed by atoms with van der Waals surface area (Å²) in [7, 11) is 0. The molecule has 3 nitrogen and oxygen atoms in total. The first-order valence-corrected chi connectivity index (χ1v) is 16.6. The minimum atomic E-state index is -0.0527. The van der Waals surface area contributed by atoms with Gasteiger partial charge in [0.05, 0.1) is 0 Å². The Balaban J connectivity index is 1.31. The van der Waals surface area contributed by atoms with Crippen LogP contribution in [0.5, 0.6) is 0 Å². The SMILES string of the molecule is Cc1cc(C)cc(C2=CC(c3ccc4c5c(ccc4c3)C=CCC5)=CC(c3nc(-c4ccccc4)nc(-c4ccccc4)n3)C2C)c1. The Hall–Kier alpha value is -5.41. The second kappa shape index (κ2) is 12.1. The van der Waals surface area contributed by atoms with Gasteiger partial charge in [-0.2, -0.15) is 0 Å². The molecular weight excluding hydrogens is 571 g/mol. The van der Waals surface area contributed by atoms with E-state index in [9.17, 15) is 0 Å². The number of benzene rings is 5. The van der Waals surface area contributed by atoms with Crippen molar-refractivity contribution in [1.29, 1.82) is 0 Å². The third-order valence-corrected chi connectivity index (χ3v) is 9.63. The third kappa shape index (κ3) is 5.63. The molecule has 1 aromatic heterocycles. The Morgan fingerprint density at radius 3 is 2.00 bits per heavy atom. The van der Waals surface area contributed by atoms with Gasteiger partial charge in [0.25, 0.3) is 0 Å². The predicted octanol–water partition coefficient (Wildman–Crippen LogP) is 10.8. The Morgan fingerprint density at radius 2 is 1.32 bits per heavy atom. The fraction of sp³-hybridized carbons (Fsp3) is 0.159. The summed E-state index contributed by atoms with van der Waals surface area (Å²) < 4.78 is 0. The van der Waals surface area contributed by atoms with Gasteiger partial charge in [0.1, 0.15) is 5.82 Å². The number of nitrogens with zero attached hydrogens (tertiary/aromatic N) is 3. The zero-order valence-electron chi connectivity index (χ0n) is 27.1. The lowest BCUT2D eigenvalue weighted by molar-refractivity contribution is 0.617. The zero-order chi connectivity index (χ0) is 31.9. The van der Waals surface area contributed by atoms with Crippen molar-refractivity contribution in [3.8, 4) is 22.8 Å². The van der Waals surface area contributed by atoms with Crippen molar-refractivity contribution >= 4 is 28.0 Å². The van der Waals surface area contributed by atoms with Crippen molar-refractivity contribution in [1.82, 2.24) is 15.0 Å². The normalized spacial score (nSPS) is 17.3. The summed E-state index contributed by atoms with van der Waals surface area (Å²) in [5.41, 5.74) is 12.3.